The van der Waals surface area contributed by atoms with Crippen LogP contribution in [0.2, 0.25) is 0 Å². The van der Waals surface area contributed by atoms with E-state index in [1.54, 1.807) is 7.11 Å². The molecular formula is C20H24N2O3. The second kappa shape index (κ2) is 8.55. The fourth-order valence-electron chi connectivity index (χ4n) is 2.75. The summed E-state index contributed by atoms with van der Waals surface area (Å²) in [5, 5.41) is 14.6. The van der Waals surface area contributed by atoms with E-state index in [9.17, 15) is 5.11 Å². The smallest absolute Gasteiger partial charge is 0.119 e. The third kappa shape index (κ3) is 4.75. The topological polar surface area (TPSA) is 66.5 Å². The number of aromatic nitrogens is 1. The highest BCUT2D eigenvalue weighted by atomic mass is 16.5. The lowest BCUT2D eigenvalue weighted by atomic mass is 10.1. The highest BCUT2D eigenvalue weighted by Gasteiger charge is 2.06. The lowest BCUT2D eigenvalue weighted by Gasteiger charge is -2.13. The van der Waals surface area contributed by atoms with Gasteiger partial charge in [0.2, 0.25) is 0 Å². The summed E-state index contributed by atoms with van der Waals surface area (Å²) in [7, 11) is 1.63. The van der Waals surface area contributed by atoms with Gasteiger partial charge in [-0.3, -0.25) is 0 Å². The minimum Gasteiger partial charge on any atom is -0.497 e. The van der Waals surface area contributed by atoms with Crippen molar-refractivity contribution in [1.82, 2.24) is 10.3 Å². The number of hydrogen-bond acceptors (Lipinski definition) is 4. The molecule has 0 aliphatic rings. The van der Waals surface area contributed by atoms with E-state index in [0.29, 0.717) is 6.54 Å². The molecule has 0 aliphatic carbocycles. The highest BCUT2D eigenvalue weighted by molar-refractivity contribution is 5.83. The van der Waals surface area contributed by atoms with Crippen molar-refractivity contribution in [1.29, 1.82) is 0 Å². The number of ether oxygens (including phenoxy) is 2. The maximum atomic E-state index is 10.0. The van der Waals surface area contributed by atoms with Crippen LogP contribution in [-0.4, -0.2) is 43.0 Å². The number of aliphatic hydroxyl groups is 1. The Morgan fingerprint density at radius 3 is 2.64 bits per heavy atom. The fraction of sp³-hybridized carbons (Fsp3) is 0.300. The van der Waals surface area contributed by atoms with Crippen LogP contribution in [-0.2, 0) is 6.42 Å². The van der Waals surface area contributed by atoms with Crippen molar-refractivity contribution >= 4 is 10.9 Å². The van der Waals surface area contributed by atoms with Crippen LogP contribution >= 0.6 is 0 Å². The normalized spacial score (nSPS) is 12.2. The summed E-state index contributed by atoms with van der Waals surface area (Å²) in [6.45, 7) is 1.56. The highest BCUT2D eigenvalue weighted by Crippen LogP contribution is 2.18. The minimum atomic E-state index is -0.551. The van der Waals surface area contributed by atoms with Crippen LogP contribution in [0.1, 0.15) is 5.56 Å². The quantitative estimate of drug-likeness (QED) is 0.524. The van der Waals surface area contributed by atoms with Crippen molar-refractivity contribution < 1.29 is 14.6 Å². The van der Waals surface area contributed by atoms with Crippen molar-refractivity contribution in [3.63, 3.8) is 0 Å². The lowest BCUT2D eigenvalue weighted by molar-refractivity contribution is 0.106. The maximum Gasteiger partial charge on any atom is 0.119 e. The summed E-state index contributed by atoms with van der Waals surface area (Å²) in [6.07, 6.45) is 2.41. The van der Waals surface area contributed by atoms with Gasteiger partial charge in [-0.05, 0) is 48.9 Å². The van der Waals surface area contributed by atoms with Crippen molar-refractivity contribution in [2.75, 3.05) is 26.8 Å². The average molecular weight is 340 g/mol. The molecule has 2 aromatic carbocycles. The van der Waals surface area contributed by atoms with Gasteiger partial charge in [0.1, 0.15) is 24.2 Å². The number of aliphatic hydroxyl groups excluding tert-OH is 1. The van der Waals surface area contributed by atoms with Gasteiger partial charge in [-0.15, -0.1) is 0 Å². The van der Waals surface area contributed by atoms with Gasteiger partial charge in [-0.2, -0.15) is 0 Å². The summed E-state index contributed by atoms with van der Waals surface area (Å²) < 4.78 is 10.7. The second-order valence-corrected chi connectivity index (χ2v) is 5.95. The largest absolute Gasteiger partial charge is 0.497 e. The first-order valence-corrected chi connectivity index (χ1v) is 8.47. The van der Waals surface area contributed by atoms with Crippen molar-refractivity contribution in [2.45, 2.75) is 12.5 Å². The van der Waals surface area contributed by atoms with Gasteiger partial charge in [0.05, 0.1) is 7.11 Å². The Kier molecular flexibility index (Phi) is 5.93. The molecule has 5 nitrogen and oxygen atoms in total. The van der Waals surface area contributed by atoms with Crippen LogP contribution in [0.3, 0.4) is 0 Å². The molecule has 0 amide bonds. The molecule has 0 bridgehead atoms. The Morgan fingerprint density at radius 1 is 1.08 bits per heavy atom. The van der Waals surface area contributed by atoms with E-state index in [4.69, 9.17) is 9.47 Å². The Hall–Kier alpha value is -2.50. The number of rotatable bonds is 9. The Morgan fingerprint density at radius 2 is 1.84 bits per heavy atom. The van der Waals surface area contributed by atoms with Crippen LogP contribution in [0.4, 0.5) is 0 Å². The van der Waals surface area contributed by atoms with E-state index in [1.165, 1.54) is 10.9 Å². The zero-order valence-corrected chi connectivity index (χ0v) is 14.4. The van der Waals surface area contributed by atoms with Gasteiger partial charge in [0, 0.05) is 23.6 Å². The van der Waals surface area contributed by atoms with Gasteiger partial charge in [0.25, 0.3) is 0 Å². The molecule has 1 aromatic heterocycles. The first kappa shape index (κ1) is 17.3. The predicted molar refractivity (Wildman–Crippen MR) is 99.4 cm³/mol. The molecule has 0 saturated heterocycles. The zero-order valence-electron chi connectivity index (χ0n) is 14.4. The first-order valence-electron chi connectivity index (χ1n) is 8.47. The third-order valence-corrected chi connectivity index (χ3v) is 4.13. The molecule has 0 unspecified atom stereocenters. The molecular weight excluding hydrogens is 316 g/mol. The molecule has 0 fully saturated rings. The summed E-state index contributed by atoms with van der Waals surface area (Å²) in [4.78, 5) is 3.28. The Bertz CT molecular complexity index is 783. The number of aromatic amines is 1. The summed E-state index contributed by atoms with van der Waals surface area (Å²) in [5.41, 5.74) is 2.44. The van der Waals surface area contributed by atoms with E-state index in [2.05, 4.69) is 28.6 Å². The lowest BCUT2D eigenvalue weighted by Crippen LogP contribution is -2.32. The molecule has 3 rings (SSSR count). The van der Waals surface area contributed by atoms with Crippen LogP contribution in [0, 0.1) is 0 Å². The van der Waals surface area contributed by atoms with E-state index in [0.717, 1.165) is 30.0 Å². The van der Waals surface area contributed by atoms with Crippen LogP contribution in [0.25, 0.3) is 10.9 Å². The zero-order chi connectivity index (χ0) is 17.5. The molecule has 0 radical (unpaired) electrons. The van der Waals surface area contributed by atoms with Crippen molar-refractivity contribution in [3.05, 3.63) is 60.3 Å². The summed E-state index contributed by atoms with van der Waals surface area (Å²) >= 11 is 0. The second-order valence-electron chi connectivity index (χ2n) is 5.95. The summed E-state index contributed by atoms with van der Waals surface area (Å²) in [5.74, 6) is 1.51. The molecule has 5 heteroatoms. The molecule has 3 N–H and O–H groups in total. The summed E-state index contributed by atoms with van der Waals surface area (Å²) in [6, 6.07) is 15.6. The van der Waals surface area contributed by atoms with E-state index in [1.807, 2.05) is 36.4 Å². The number of methoxy groups -OCH3 is 1. The molecule has 1 atom stereocenters. The first-order chi connectivity index (χ1) is 12.3. The van der Waals surface area contributed by atoms with Gasteiger partial charge < -0.3 is 24.9 Å². The molecule has 132 valence electrons. The van der Waals surface area contributed by atoms with Crippen LogP contribution in [0.15, 0.2) is 54.7 Å². The number of H-pyrrole nitrogens is 1. The van der Waals surface area contributed by atoms with Crippen molar-refractivity contribution in [3.8, 4) is 11.5 Å². The standard InChI is InChI=1S/C20H24N2O3/c1-24-17-6-8-18(9-7-17)25-14-16(23)13-21-11-10-15-12-22-20-5-3-2-4-19(15)20/h2-9,12,16,21-23H,10-11,13-14H2,1H3/t16-/m1/s1. The number of nitrogens with one attached hydrogen (secondary N) is 2. The number of para-hydroxylation sites is 1. The van der Waals surface area contributed by atoms with Crippen LogP contribution in [0.5, 0.6) is 11.5 Å². The minimum absolute atomic E-state index is 0.256. The van der Waals surface area contributed by atoms with E-state index >= 15 is 0 Å². The van der Waals surface area contributed by atoms with E-state index in [-0.39, 0.29) is 6.61 Å². The van der Waals surface area contributed by atoms with Gasteiger partial charge in [0.15, 0.2) is 0 Å². The number of benzene rings is 2. The number of hydrogen-bond donors (Lipinski definition) is 3. The van der Waals surface area contributed by atoms with Crippen LogP contribution < -0.4 is 14.8 Å². The van der Waals surface area contributed by atoms with Gasteiger partial charge in [-0.25, -0.2) is 0 Å². The Balaban J connectivity index is 1.37. The molecule has 0 aliphatic heterocycles. The van der Waals surface area contributed by atoms with E-state index < -0.39 is 6.10 Å². The number of fused-ring (bicyclic) bond motifs is 1. The van der Waals surface area contributed by atoms with Crippen molar-refractivity contribution in [2.24, 2.45) is 0 Å². The third-order valence-electron chi connectivity index (χ3n) is 4.13. The molecule has 0 saturated carbocycles. The fourth-order valence-corrected chi connectivity index (χ4v) is 2.75. The SMILES string of the molecule is COc1ccc(OC[C@H](O)CNCCc2c[nH]c3ccccc23)cc1. The Labute approximate surface area is 147 Å². The monoisotopic (exact) mass is 340 g/mol. The molecule has 1 heterocycles. The molecule has 0 spiro atoms. The molecule has 3 aromatic rings. The average Bonchev–Trinajstić information content (AvgIpc) is 3.07. The van der Waals surface area contributed by atoms with Gasteiger partial charge in [-0.1, -0.05) is 18.2 Å². The molecule has 25 heavy (non-hydrogen) atoms. The predicted octanol–water partition coefficient (Wildman–Crippen LogP) is 2.75. The maximum absolute atomic E-state index is 10.0. The van der Waals surface area contributed by atoms with Gasteiger partial charge >= 0.3 is 0 Å².